The lowest BCUT2D eigenvalue weighted by molar-refractivity contribution is 0.174. The average molecular weight is 144 g/mol. The summed E-state index contributed by atoms with van der Waals surface area (Å²) >= 11 is 0. The van der Waals surface area contributed by atoms with Gasteiger partial charge in [-0.15, -0.1) is 0 Å². The first-order valence-corrected chi connectivity index (χ1v) is 3.39. The molecule has 0 spiro atoms. The third kappa shape index (κ3) is 1.60. The number of rotatable bonds is 2. The minimum Gasteiger partial charge on any atom is -0.465 e. The van der Waals surface area contributed by atoms with Crippen molar-refractivity contribution in [3.8, 4) is 0 Å². The molecule has 0 unspecified atom stereocenters. The van der Waals surface area contributed by atoms with Gasteiger partial charge in [0, 0.05) is 12.1 Å². The van der Waals surface area contributed by atoms with Gasteiger partial charge in [0.25, 0.3) is 0 Å². The topological polar surface area (TPSA) is 61.4 Å². The highest BCUT2D eigenvalue weighted by Crippen LogP contribution is 2.18. The molecule has 4 nitrogen and oxygen atoms in total. The second-order valence-electron chi connectivity index (χ2n) is 2.60. The molecule has 0 heterocycles. The maximum Gasteiger partial charge on any atom is 0.404 e. The van der Waals surface area contributed by atoms with E-state index in [1.165, 1.54) is 0 Å². The van der Waals surface area contributed by atoms with E-state index in [1.807, 2.05) is 7.05 Å². The van der Waals surface area contributed by atoms with Crippen molar-refractivity contribution in [1.29, 1.82) is 0 Å². The first kappa shape index (κ1) is 7.34. The molecule has 1 saturated carbocycles. The number of hydrogen-bond donors (Lipinski definition) is 3. The van der Waals surface area contributed by atoms with Crippen LogP contribution in [0.2, 0.25) is 0 Å². The Kier molecular flexibility index (Phi) is 2.11. The van der Waals surface area contributed by atoms with Crippen molar-refractivity contribution in [3.05, 3.63) is 0 Å². The zero-order valence-corrected chi connectivity index (χ0v) is 5.92. The number of carboxylic acid groups (broad SMARTS) is 1. The summed E-state index contributed by atoms with van der Waals surface area (Å²) < 4.78 is 0. The van der Waals surface area contributed by atoms with E-state index >= 15 is 0 Å². The Morgan fingerprint density at radius 3 is 2.50 bits per heavy atom. The first-order valence-electron chi connectivity index (χ1n) is 3.39. The molecular weight excluding hydrogens is 132 g/mol. The molecular formula is C6H12N2O2. The van der Waals surface area contributed by atoms with Crippen molar-refractivity contribution in [2.75, 3.05) is 7.05 Å². The summed E-state index contributed by atoms with van der Waals surface area (Å²) in [6.45, 7) is 0. The Labute approximate surface area is 59.6 Å². The molecule has 1 rings (SSSR count). The van der Waals surface area contributed by atoms with Crippen LogP contribution < -0.4 is 10.6 Å². The summed E-state index contributed by atoms with van der Waals surface area (Å²) in [6, 6.07) is 0.687. The van der Waals surface area contributed by atoms with Crippen molar-refractivity contribution in [2.45, 2.75) is 24.9 Å². The van der Waals surface area contributed by atoms with Crippen molar-refractivity contribution >= 4 is 6.09 Å². The molecule has 0 atom stereocenters. The summed E-state index contributed by atoms with van der Waals surface area (Å²) in [5.74, 6) is 0. The lowest BCUT2D eigenvalue weighted by Crippen LogP contribution is -2.51. The Hall–Kier alpha value is -0.770. The van der Waals surface area contributed by atoms with E-state index in [2.05, 4.69) is 10.6 Å². The number of hydrogen-bond acceptors (Lipinski definition) is 2. The Morgan fingerprint density at radius 2 is 2.10 bits per heavy atom. The van der Waals surface area contributed by atoms with Gasteiger partial charge in [-0.2, -0.15) is 0 Å². The van der Waals surface area contributed by atoms with Gasteiger partial charge in [-0.1, -0.05) is 0 Å². The molecule has 1 aliphatic rings. The average Bonchev–Trinajstić information content (AvgIpc) is 1.76. The smallest absolute Gasteiger partial charge is 0.404 e. The zero-order valence-electron chi connectivity index (χ0n) is 5.92. The fourth-order valence-corrected chi connectivity index (χ4v) is 1.15. The monoisotopic (exact) mass is 144 g/mol. The lowest BCUT2D eigenvalue weighted by atomic mass is 9.87. The highest BCUT2D eigenvalue weighted by Gasteiger charge is 2.28. The maximum atomic E-state index is 10.1. The molecule has 58 valence electrons. The molecule has 1 amide bonds. The molecule has 0 radical (unpaired) electrons. The quantitative estimate of drug-likeness (QED) is 0.511. The SMILES string of the molecule is CNC1CC(NC(=O)O)C1. The fraction of sp³-hybridized carbons (Fsp3) is 0.833. The largest absolute Gasteiger partial charge is 0.465 e. The molecule has 0 aromatic rings. The fourth-order valence-electron chi connectivity index (χ4n) is 1.15. The lowest BCUT2D eigenvalue weighted by Gasteiger charge is -2.34. The van der Waals surface area contributed by atoms with Crippen LogP contribution in [0.15, 0.2) is 0 Å². The predicted octanol–water partition coefficient (Wildman–Crippen LogP) is 0.00440. The molecule has 3 N–H and O–H groups in total. The molecule has 4 heteroatoms. The van der Waals surface area contributed by atoms with Crippen LogP contribution in [0.3, 0.4) is 0 Å². The summed E-state index contributed by atoms with van der Waals surface area (Å²) in [4.78, 5) is 10.1. The number of amides is 1. The normalized spacial score (nSPS) is 30.9. The van der Waals surface area contributed by atoms with Gasteiger partial charge in [-0.3, -0.25) is 0 Å². The van der Waals surface area contributed by atoms with E-state index < -0.39 is 6.09 Å². The first-order chi connectivity index (χ1) is 4.72. The second-order valence-corrected chi connectivity index (χ2v) is 2.60. The van der Waals surface area contributed by atoms with Gasteiger partial charge in [0.1, 0.15) is 0 Å². The van der Waals surface area contributed by atoms with E-state index in [-0.39, 0.29) is 6.04 Å². The van der Waals surface area contributed by atoms with E-state index in [1.54, 1.807) is 0 Å². The Morgan fingerprint density at radius 1 is 1.50 bits per heavy atom. The second kappa shape index (κ2) is 2.88. The standard InChI is InChI=1S/C6H12N2O2/c1-7-4-2-5(3-4)8-6(9)10/h4-5,7-8H,2-3H2,1H3,(H,9,10). The Bertz CT molecular complexity index is 132. The summed E-state index contributed by atoms with van der Waals surface area (Å²) in [7, 11) is 1.89. The van der Waals surface area contributed by atoms with Gasteiger partial charge in [0.05, 0.1) is 0 Å². The van der Waals surface area contributed by atoms with Gasteiger partial charge in [0.15, 0.2) is 0 Å². The van der Waals surface area contributed by atoms with Gasteiger partial charge in [-0.25, -0.2) is 4.79 Å². The third-order valence-electron chi connectivity index (χ3n) is 1.87. The molecule has 0 aromatic heterocycles. The molecule has 1 fully saturated rings. The molecule has 0 bridgehead atoms. The predicted molar refractivity (Wildman–Crippen MR) is 37.0 cm³/mol. The third-order valence-corrected chi connectivity index (χ3v) is 1.87. The minimum absolute atomic E-state index is 0.176. The summed E-state index contributed by atoms with van der Waals surface area (Å²) in [5, 5.41) is 13.8. The van der Waals surface area contributed by atoms with Crippen LogP contribution in [0.4, 0.5) is 4.79 Å². The Balaban J connectivity index is 2.08. The molecule has 0 saturated heterocycles. The van der Waals surface area contributed by atoms with Crippen molar-refractivity contribution in [1.82, 2.24) is 10.6 Å². The number of nitrogens with one attached hydrogen (secondary N) is 2. The molecule has 0 aromatic carbocycles. The molecule has 10 heavy (non-hydrogen) atoms. The van der Waals surface area contributed by atoms with E-state index in [0.717, 1.165) is 12.8 Å². The van der Waals surface area contributed by atoms with Gasteiger partial charge >= 0.3 is 6.09 Å². The van der Waals surface area contributed by atoms with Crippen molar-refractivity contribution in [2.24, 2.45) is 0 Å². The van der Waals surface area contributed by atoms with Crippen molar-refractivity contribution in [3.63, 3.8) is 0 Å². The van der Waals surface area contributed by atoms with Crippen LogP contribution in [-0.2, 0) is 0 Å². The van der Waals surface area contributed by atoms with E-state index in [4.69, 9.17) is 5.11 Å². The minimum atomic E-state index is -0.917. The van der Waals surface area contributed by atoms with E-state index in [0.29, 0.717) is 6.04 Å². The summed E-state index contributed by atoms with van der Waals surface area (Å²) in [6.07, 6.45) is 0.922. The van der Waals surface area contributed by atoms with Gasteiger partial charge < -0.3 is 15.7 Å². The zero-order chi connectivity index (χ0) is 7.56. The van der Waals surface area contributed by atoms with Crippen LogP contribution in [0.25, 0.3) is 0 Å². The molecule has 0 aliphatic heterocycles. The highest BCUT2D eigenvalue weighted by atomic mass is 16.4. The summed E-state index contributed by atoms with van der Waals surface area (Å²) in [5.41, 5.74) is 0. The van der Waals surface area contributed by atoms with Gasteiger partial charge in [0.2, 0.25) is 0 Å². The van der Waals surface area contributed by atoms with Crippen LogP contribution >= 0.6 is 0 Å². The molecule has 1 aliphatic carbocycles. The van der Waals surface area contributed by atoms with Gasteiger partial charge in [-0.05, 0) is 19.9 Å². The van der Waals surface area contributed by atoms with Crippen molar-refractivity contribution < 1.29 is 9.90 Å². The highest BCUT2D eigenvalue weighted by molar-refractivity contribution is 5.65. The van der Waals surface area contributed by atoms with E-state index in [9.17, 15) is 4.79 Å². The van der Waals surface area contributed by atoms with Crippen LogP contribution in [-0.4, -0.2) is 30.3 Å². The van der Waals surface area contributed by atoms with Crippen LogP contribution in [0.5, 0.6) is 0 Å². The number of carbonyl (C=O) groups is 1. The van der Waals surface area contributed by atoms with Crippen LogP contribution in [0.1, 0.15) is 12.8 Å². The maximum absolute atomic E-state index is 10.1. The van der Waals surface area contributed by atoms with Crippen LogP contribution in [0, 0.1) is 0 Å².